The van der Waals surface area contributed by atoms with E-state index in [-0.39, 0.29) is 0 Å². The summed E-state index contributed by atoms with van der Waals surface area (Å²) in [7, 11) is -1.38. The number of pyridine rings is 1. The summed E-state index contributed by atoms with van der Waals surface area (Å²) >= 11 is 1.32. The van der Waals surface area contributed by atoms with Crippen molar-refractivity contribution in [3.05, 3.63) is 36.0 Å². The fraction of sp³-hybridized carbons (Fsp3) is 0. The second-order valence-electron chi connectivity index (χ2n) is 2.85. The van der Waals surface area contributed by atoms with Gasteiger partial charge < -0.3 is 10.0 Å². The molecule has 0 bridgehead atoms. The molecule has 0 aromatic carbocycles. The van der Waals surface area contributed by atoms with Crippen LogP contribution in [0, 0.1) is 0 Å². The topological polar surface area (TPSA) is 53.4 Å². The van der Waals surface area contributed by atoms with E-state index in [2.05, 4.69) is 4.98 Å². The Morgan fingerprint density at radius 2 is 2.14 bits per heavy atom. The second kappa shape index (κ2) is 3.92. The molecule has 70 valence electrons. The van der Waals surface area contributed by atoms with Crippen molar-refractivity contribution in [3.63, 3.8) is 0 Å². The smallest absolute Gasteiger partial charge is 0.423 e. The molecule has 0 saturated carbocycles. The Balaban J connectivity index is 2.34. The molecule has 0 unspecified atom stereocenters. The minimum absolute atomic E-state index is 0.545. The molecule has 0 radical (unpaired) electrons. The third kappa shape index (κ3) is 1.84. The van der Waals surface area contributed by atoms with Crippen LogP contribution in [0.1, 0.15) is 0 Å². The van der Waals surface area contributed by atoms with Gasteiger partial charge >= 0.3 is 7.12 Å². The second-order valence-corrected chi connectivity index (χ2v) is 3.80. The molecule has 2 aromatic heterocycles. The Morgan fingerprint density at radius 3 is 2.71 bits per heavy atom. The van der Waals surface area contributed by atoms with Gasteiger partial charge in [-0.25, -0.2) is 0 Å². The average Bonchev–Trinajstić information content (AvgIpc) is 2.68. The zero-order chi connectivity index (χ0) is 9.97. The summed E-state index contributed by atoms with van der Waals surface area (Å²) in [5.41, 5.74) is 1.95. The number of nitrogens with zero attached hydrogens (tertiary/aromatic N) is 1. The van der Waals surface area contributed by atoms with Crippen LogP contribution in [-0.4, -0.2) is 22.2 Å². The van der Waals surface area contributed by atoms with Crippen LogP contribution < -0.4 is 4.78 Å². The van der Waals surface area contributed by atoms with Gasteiger partial charge in [0, 0.05) is 22.7 Å². The van der Waals surface area contributed by atoms with Crippen LogP contribution in [0.4, 0.5) is 0 Å². The van der Waals surface area contributed by atoms with Crippen LogP contribution in [0.25, 0.3) is 11.1 Å². The Bertz CT molecular complexity index is 416. The number of thiophene rings is 1. The number of aromatic nitrogens is 1. The third-order valence-corrected chi connectivity index (χ3v) is 2.84. The van der Waals surface area contributed by atoms with E-state index >= 15 is 0 Å². The zero-order valence-corrected chi connectivity index (χ0v) is 8.11. The summed E-state index contributed by atoms with van der Waals surface area (Å²) in [5, 5.41) is 19.7. The van der Waals surface area contributed by atoms with Crippen molar-refractivity contribution in [1.29, 1.82) is 0 Å². The van der Waals surface area contributed by atoms with Crippen LogP contribution in [0.2, 0.25) is 0 Å². The maximum Gasteiger partial charge on any atom is 0.499 e. The summed E-state index contributed by atoms with van der Waals surface area (Å²) in [6.45, 7) is 0. The summed E-state index contributed by atoms with van der Waals surface area (Å²) in [6, 6.07) is 5.54. The van der Waals surface area contributed by atoms with Gasteiger partial charge in [-0.1, -0.05) is 6.07 Å². The van der Waals surface area contributed by atoms with Gasteiger partial charge in [-0.05, 0) is 23.1 Å². The van der Waals surface area contributed by atoms with E-state index in [1.807, 2.05) is 17.5 Å². The number of rotatable bonds is 2. The van der Waals surface area contributed by atoms with Crippen LogP contribution in [-0.2, 0) is 0 Å². The molecule has 3 nitrogen and oxygen atoms in total. The highest BCUT2D eigenvalue weighted by Gasteiger charge is 2.13. The van der Waals surface area contributed by atoms with Gasteiger partial charge in [0.1, 0.15) is 0 Å². The van der Waals surface area contributed by atoms with Gasteiger partial charge in [-0.15, -0.1) is 0 Å². The molecule has 2 N–H and O–H groups in total. The van der Waals surface area contributed by atoms with Crippen molar-refractivity contribution in [2.45, 2.75) is 0 Å². The SMILES string of the molecule is OB(O)c1cc(-c2cccnc2)cs1. The first-order valence-electron chi connectivity index (χ1n) is 4.12. The standard InChI is InChI=1S/C9H8BNO2S/c12-10(13)9-4-8(6-14-9)7-2-1-3-11-5-7/h1-6,12-13H. The Morgan fingerprint density at radius 1 is 1.29 bits per heavy atom. The zero-order valence-electron chi connectivity index (χ0n) is 7.29. The molecule has 2 heterocycles. The Labute approximate surface area is 85.8 Å². The first-order valence-corrected chi connectivity index (χ1v) is 5.00. The van der Waals surface area contributed by atoms with Crippen molar-refractivity contribution >= 4 is 23.2 Å². The first-order chi connectivity index (χ1) is 6.77. The van der Waals surface area contributed by atoms with Crippen LogP contribution in [0.15, 0.2) is 36.0 Å². The molecule has 0 saturated heterocycles. The molecule has 2 rings (SSSR count). The molecule has 5 heteroatoms. The van der Waals surface area contributed by atoms with Crippen molar-refractivity contribution in [1.82, 2.24) is 4.98 Å². The number of hydrogen-bond donors (Lipinski definition) is 2. The van der Waals surface area contributed by atoms with Gasteiger partial charge in [-0.3, -0.25) is 4.98 Å². The highest BCUT2D eigenvalue weighted by atomic mass is 32.1. The predicted octanol–water partition coefficient (Wildman–Crippen LogP) is 0.490. The molecule has 0 atom stereocenters. The van der Waals surface area contributed by atoms with E-state index in [1.54, 1.807) is 18.5 Å². The molecular formula is C9H8BNO2S. The van der Waals surface area contributed by atoms with Gasteiger partial charge in [0.2, 0.25) is 0 Å². The quantitative estimate of drug-likeness (QED) is 0.701. The summed E-state index contributed by atoms with van der Waals surface area (Å²) in [5.74, 6) is 0. The largest absolute Gasteiger partial charge is 0.499 e. The maximum atomic E-state index is 8.93. The van der Waals surface area contributed by atoms with Crippen molar-refractivity contribution in [3.8, 4) is 11.1 Å². The lowest BCUT2D eigenvalue weighted by Gasteiger charge is -1.94. The average molecular weight is 205 g/mol. The van der Waals surface area contributed by atoms with E-state index in [1.165, 1.54) is 11.3 Å². The van der Waals surface area contributed by atoms with E-state index in [9.17, 15) is 0 Å². The van der Waals surface area contributed by atoms with Crippen molar-refractivity contribution < 1.29 is 10.0 Å². The van der Waals surface area contributed by atoms with Gasteiger partial charge in [0.25, 0.3) is 0 Å². The summed E-state index contributed by atoms with van der Waals surface area (Å²) in [4.78, 5) is 3.99. The number of hydrogen-bond acceptors (Lipinski definition) is 4. The summed E-state index contributed by atoms with van der Waals surface area (Å²) < 4.78 is 0.545. The van der Waals surface area contributed by atoms with Crippen LogP contribution in [0.3, 0.4) is 0 Å². The van der Waals surface area contributed by atoms with Crippen molar-refractivity contribution in [2.24, 2.45) is 0 Å². The third-order valence-electron chi connectivity index (χ3n) is 1.87. The monoisotopic (exact) mass is 205 g/mol. The van der Waals surface area contributed by atoms with Crippen LogP contribution >= 0.6 is 11.3 Å². The lowest BCUT2D eigenvalue weighted by Crippen LogP contribution is -2.26. The van der Waals surface area contributed by atoms with Crippen molar-refractivity contribution in [2.75, 3.05) is 0 Å². The molecule has 14 heavy (non-hydrogen) atoms. The first kappa shape index (κ1) is 9.39. The molecule has 0 amide bonds. The van der Waals surface area contributed by atoms with E-state index < -0.39 is 7.12 Å². The molecule has 0 fully saturated rings. The highest BCUT2D eigenvalue weighted by molar-refractivity contribution is 7.20. The van der Waals surface area contributed by atoms with Crippen LogP contribution in [0.5, 0.6) is 0 Å². The van der Waals surface area contributed by atoms with E-state index in [0.29, 0.717) is 4.78 Å². The Kier molecular flexibility index (Phi) is 2.63. The molecule has 0 aliphatic rings. The fourth-order valence-electron chi connectivity index (χ4n) is 1.17. The molecule has 0 aliphatic heterocycles. The lowest BCUT2D eigenvalue weighted by atomic mass is 9.89. The van der Waals surface area contributed by atoms with Gasteiger partial charge in [0.15, 0.2) is 0 Å². The predicted molar refractivity (Wildman–Crippen MR) is 57.4 cm³/mol. The minimum atomic E-state index is -1.38. The molecular weight excluding hydrogens is 197 g/mol. The van der Waals surface area contributed by atoms with E-state index in [4.69, 9.17) is 10.0 Å². The maximum absolute atomic E-state index is 8.93. The van der Waals surface area contributed by atoms with Gasteiger partial charge in [-0.2, -0.15) is 11.3 Å². The van der Waals surface area contributed by atoms with E-state index in [0.717, 1.165) is 11.1 Å². The highest BCUT2D eigenvalue weighted by Crippen LogP contribution is 2.19. The Hall–Kier alpha value is -1.17. The lowest BCUT2D eigenvalue weighted by molar-refractivity contribution is 0.427. The summed E-state index contributed by atoms with van der Waals surface area (Å²) in [6.07, 6.45) is 3.45. The minimum Gasteiger partial charge on any atom is -0.423 e. The molecule has 2 aromatic rings. The molecule has 0 spiro atoms. The molecule has 0 aliphatic carbocycles. The normalized spacial score (nSPS) is 10.1. The van der Waals surface area contributed by atoms with Gasteiger partial charge in [0.05, 0.1) is 0 Å². The fourth-order valence-corrected chi connectivity index (χ4v) is 1.96.